The first kappa shape index (κ1) is 22.4. The molecule has 0 spiro atoms. The fraction of sp³-hybridized carbons (Fsp3) is 0. The van der Waals surface area contributed by atoms with Crippen molar-refractivity contribution in [2.75, 3.05) is 0 Å². The Morgan fingerprint density at radius 1 is 0.475 bits per heavy atom. The summed E-state index contributed by atoms with van der Waals surface area (Å²) >= 11 is 0. The van der Waals surface area contributed by atoms with E-state index in [9.17, 15) is 0 Å². The number of para-hydroxylation sites is 2. The molecule has 5 nitrogen and oxygen atoms in total. The molecule has 0 aliphatic heterocycles. The quantitative estimate of drug-likeness (QED) is 0.238. The Morgan fingerprint density at radius 3 is 2.02 bits per heavy atom. The van der Waals surface area contributed by atoms with Crippen molar-refractivity contribution in [2.24, 2.45) is 0 Å². The molecule has 8 aromatic rings. The first-order valence-electron chi connectivity index (χ1n) is 13.3. The lowest BCUT2D eigenvalue weighted by atomic mass is 10.1. The molecule has 0 saturated heterocycles. The van der Waals surface area contributed by atoms with Gasteiger partial charge in [0.15, 0.2) is 0 Å². The molecule has 40 heavy (non-hydrogen) atoms. The van der Waals surface area contributed by atoms with E-state index in [-0.39, 0.29) is 0 Å². The Kier molecular flexibility index (Phi) is 5.07. The van der Waals surface area contributed by atoms with Crippen LogP contribution in [0, 0.1) is 0 Å². The van der Waals surface area contributed by atoms with Crippen molar-refractivity contribution in [1.82, 2.24) is 24.1 Å². The molecule has 0 amide bonds. The summed E-state index contributed by atoms with van der Waals surface area (Å²) in [6, 6.07) is 43.9. The average Bonchev–Trinajstić information content (AvgIpc) is 3.59. The summed E-state index contributed by atoms with van der Waals surface area (Å²) in [5.74, 6) is 1.79. The van der Waals surface area contributed by atoms with E-state index in [1.807, 2.05) is 30.3 Å². The zero-order chi connectivity index (χ0) is 26.5. The molecule has 0 unspecified atom stereocenters. The standard InChI is InChI=1S/C35H23N5/c1-3-10-25(11-4-1)35-38-34-31(39(35)26-12-5-2-6-13-26)19-18-30-33(34)27-14-7-8-16-29(27)40(30)32-17-9-15-28(37-32)24-20-22-36-23-21-24/h1-23H. The van der Waals surface area contributed by atoms with Gasteiger partial charge in [-0.15, -0.1) is 0 Å². The molecule has 0 atom stereocenters. The Bertz CT molecular complexity index is 2140. The van der Waals surface area contributed by atoms with Crippen LogP contribution in [0.1, 0.15) is 0 Å². The highest BCUT2D eigenvalue weighted by molar-refractivity contribution is 6.20. The second kappa shape index (κ2) is 9.03. The number of hydrogen-bond donors (Lipinski definition) is 0. The predicted octanol–water partition coefficient (Wildman–Crippen LogP) is 8.25. The highest BCUT2D eigenvalue weighted by Gasteiger charge is 2.21. The third kappa shape index (κ3) is 3.45. The van der Waals surface area contributed by atoms with Crippen molar-refractivity contribution in [3.05, 3.63) is 140 Å². The number of pyridine rings is 2. The summed E-state index contributed by atoms with van der Waals surface area (Å²) in [4.78, 5) is 14.6. The van der Waals surface area contributed by atoms with Crippen molar-refractivity contribution in [3.8, 4) is 34.2 Å². The number of benzene rings is 4. The van der Waals surface area contributed by atoms with Crippen LogP contribution in [0.25, 0.3) is 67.0 Å². The number of rotatable bonds is 4. The molecule has 0 aliphatic rings. The molecule has 4 heterocycles. The molecule has 0 aliphatic carbocycles. The van der Waals surface area contributed by atoms with Crippen LogP contribution in [0.15, 0.2) is 140 Å². The Hall–Kier alpha value is -5.55. The fourth-order valence-electron chi connectivity index (χ4n) is 5.69. The van der Waals surface area contributed by atoms with E-state index in [2.05, 4.69) is 111 Å². The summed E-state index contributed by atoms with van der Waals surface area (Å²) in [5, 5.41) is 2.27. The summed E-state index contributed by atoms with van der Waals surface area (Å²) in [7, 11) is 0. The van der Waals surface area contributed by atoms with E-state index in [1.165, 1.54) is 0 Å². The van der Waals surface area contributed by atoms with Gasteiger partial charge in [0.05, 0.1) is 27.8 Å². The number of nitrogens with zero attached hydrogens (tertiary/aromatic N) is 5. The second-order valence-corrected chi connectivity index (χ2v) is 9.77. The molecule has 188 valence electrons. The van der Waals surface area contributed by atoms with Gasteiger partial charge in [0.25, 0.3) is 0 Å². The van der Waals surface area contributed by atoms with E-state index >= 15 is 0 Å². The molecule has 4 aromatic carbocycles. The molecule has 5 heteroatoms. The van der Waals surface area contributed by atoms with Crippen LogP contribution in [0.2, 0.25) is 0 Å². The zero-order valence-corrected chi connectivity index (χ0v) is 21.5. The van der Waals surface area contributed by atoms with Gasteiger partial charge in [0, 0.05) is 40.0 Å². The molecule has 0 saturated carbocycles. The maximum Gasteiger partial charge on any atom is 0.145 e. The Morgan fingerprint density at radius 2 is 1.20 bits per heavy atom. The van der Waals surface area contributed by atoms with Crippen molar-refractivity contribution in [1.29, 1.82) is 0 Å². The third-order valence-corrected chi connectivity index (χ3v) is 7.45. The van der Waals surface area contributed by atoms with Crippen LogP contribution in [-0.2, 0) is 0 Å². The number of hydrogen-bond acceptors (Lipinski definition) is 3. The minimum Gasteiger partial charge on any atom is -0.294 e. The van der Waals surface area contributed by atoms with Gasteiger partial charge in [0.2, 0.25) is 0 Å². The largest absolute Gasteiger partial charge is 0.294 e. The molecule has 0 radical (unpaired) electrons. The highest BCUT2D eigenvalue weighted by Crippen LogP contribution is 2.39. The van der Waals surface area contributed by atoms with Gasteiger partial charge in [-0.3, -0.25) is 14.1 Å². The Balaban J connectivity index is 1.46. The van der Waals surface area contributed by atoms with Crippen LogP contribution >= 0.6 is 0 Å². The smallest absolute Gasteiger partial charge is 0.145 e. The molecule has 0 bridgehead atoms. The van der Waals surface area contributed by atoms with Crippen LogP contribution in [0.4, 0.5) is 0 Å². The van der Waals surface area contributed by atoms with Crippen molar-refractivity contribution in [3.63, 3.8) is 0 Å². The average molecular weight is 514 g/mol. The van der Waals surface area contributed by atoms with Gasteiger partial charge >= 0.3 is 0 Å². The van der Waals surface area contributed by atoms with Crippen LogP contribution < -0.4 is 0 Å². The zero-order valence-electron chi connectivity index (χ0n) is 21.5. The molecular formula is C35H23N5. The molecule has 4 aromatic heterocycles. The first-order valence-corrected chi connectivity index (χ1v) is 13.3. The SMILES string of the molecule is c1ccc(-c2nc3c4c5ccccc5n(-c5cccc(-c6ccncc6)n5)c4ccc3n2-c2ccccc2)cc1. The third-order valence-electron chi connectivity index (χ3n) is 7.45. The summed E-state index contributed by atoms with van der Waals surface area (Å²) in [6.07, 6.45) is 3.60. The molecular weight excluding hydrogens is 490 g/mol. The highest BCUT2D eigenvalue weighted by atomic mass is 15.1. The maximum atomic E-state index is 5.33. The van der Waals surface area contributed by atoms with Crippen molar-refractivity contribution >= 4 is 32.8 Å². The summed E-state index contributed by atoms with van der Waals surface area (Å²) < 4.78 is 4.51. The van der Waals surface area contributed by atoms with Gasteiger partial charge in [-0.1, -0.05) is 72.8 Å². The van der Waals surface area contributed by atoms with Gasteiger partial charge in [-0.2, -0.15) is 0 Å². The topological polar surface area (TPSA) is 48.5 Å². The van der Waals surface area contributed by atoms with Gasteiger partial charge in [-0.25, -0.2) is 9.97 Å². The summed E-state index contributed by atoms with van der Waals surface area (Å²) in [6.45, 7) is 0. The van der Waals surface area contributed by atoms with E-state index in [0.717, 1.165) is 67.0 Å². The van der Waals surface area contributed by atoms with Gasteiger partial charge < -0.3 is 0 Å². The second-order valence-electron chi connectivity index (χ2n) is 9.77. The van der Waals surface area contributed by atoms with Crippen molar-refractivity contribution in [2.45, 2.75) is 0 Å². The number of fused-ring (bicyclic) bond motifs is 5. The van der Waals surface area contributed by atoms with E-state index in [0.29, 0.717) is 0 Å². The van der Waals surface area contributed by atoms with Crippen LogP contribution in [-0.4, -0.2) is 24.1 Å². The maximum absolute atomic E-state index is 5.33. The van der Waals surface area contributed by atoms with Crippen molar-refractivity contribution < 1.29 is 0 Å². The lowest BCUT2D eigenvalue weighted by molar-refractivity contribution is 1.08. The van der Waals surface area contributed by atoms with E-state index < -0.39 is 0 Å². The van der Waals surface area contributed by atoms with Gasteiger partial charge in [-0.05, 0) is 54.6 Å². The first-order chi connectivity index (χ1) is 19.9. The fourth-order valence-corrected chi connectivity index (χ4v) is 5.69. The monoisotopic (exact) mass is 513 g/mol. The molecule has 8 rings (SSSR count). The lowest BCUT2D eigenvalue weighted by Gasteiger charge is -2.10. The molecule has 0 N–H and O–H groups in total. The predicted molar refractivity (Wildman–Crippen MR) is 162 cm³/mol. The lowest BCUT2D eigenvalue weighted by Crippen LogP contribution is -1.99. The van der Waals surface area contributed by atoms with Crippen LogP contribution in [0.3, 0.4) is 0 Å². The van der Waals surface area contributed by atoms with E-state index in [4.69, 9.17) is 9.97 Å². The minimum atomic E-state index is 0.866. The minimum absolute atomic E-state index is 0.866. The molecule has 0 fully saturated rings. The number of imidazole rings is 1. The number of aromatic nitrogens is 5. The normalized spacial score (nSPS) is 11.5. The van der Waals surface area contributed by atoms with Crippen LogP contribution in [0.5, 0.6) is 0 Å². The summed E-state index contributed by atoms with van der Waals surface area (Å²) in [5.41, 5.74) is 8.32. The van der Waals surface area contributed by atoms with Gasteiger partial charge in [0.1, 0.15) is 11.6 Å². The Labute approximate surface area is 230 Å². The van der Waals surface area contributed by atoms with E-state index in [1.54, 1.807) is 12.4 Å².